The number of nitrogens with two attached hydrogens (primary N) is 1. The topological polar surface area (TPSA) is 80.8 Å². The number of benzene rings is 1. The summed E-state index contributed by atoms with van der Waals surface area (Å²) < 4.78 is 16.1. The summed E-state index contributed by atoms with van der Waals surface area (Å²) in [6.07, 6.45) is 8.24. The standard InChI is InChI=1S/C22H28BrFN6/c23-19-13-30(22-20(19)21(25)28-14-29-22)18-7-4-16(10-18)12-27-9-1-8-26-11-15-2-5-17(24)6-3-15/h2-3,5-6,13-14,16,18,26-27H,1,4,7-12H2,(H2,25,28,29). The van der Waals surface area contributed by atoms with E-state index in [1.54, 1.807) is 6.33 Å². The minimum Gasteiger partial charge on any atom is -0.383 e. The van der Waals surface area contributed by atoms with Crippen molar-refractivity contribution in [3.05, 3.63) is 52.6 Å². The Labute approximate surface area is 184 Å². The van der Waals surface area contributed by atoms with Crippen LogP contribution in [0.3, 0.4) is 0 Å². The van der Waals surface area contributed by atoms with Crippen molar-refractivity contribution in [3.63, 3.8) is 0 Å². The van der Waals surface area contributed by atoms with Gasteiger partial charge in [-0.3, -0.25) is 0 Å². The fraction of sp³-hybridized carbons (Fsp3) is 0.455. The molecule has 0 radical (unpaired) electrons. The van der Waals surface area contributed by atoms with E-state index in [1.807, 2.05) is 12.1 Å². The van der Waals surface area contributed by atoms with E-state index < -0.39 is 0 Å². The number of halogens is 2. The van der Waals surface area contributed by atoms with Crippen LogP contribution in [0, 0.1) is 11.7 Å². The minimum absolute atomic E-state index is 0.188. The quantitative estimate of drug-likeness (QED) is 0.408. The zero-order chi connectivity index (χ0) is 20.9. The number of nitrogens with one attached hydrogen (secondary N) is 2. The van der Waals surface area contributed by atoms with Crippen molar-refractivity contribution >= 4 is 32.8 Å². The highest BCUT2D eigenvalue weighted by molar-refractivity contribution is 9.10. The average molecular weight is 475 g/mol. The first kappa shape index (κ1) is 21.2. The zero-order valence-corrected chi connectivity index (χ0v) is 18.5. The molecule has 2 unspecified atom stereocenters. The van der Waals surface area contributed by atoms with Crippen LogP contribution in [0.15, 0.2) is 41.3 Å². The lowest BCUT2D eigenvalue weighted by atomic mass is 10.1. The number of hydrogen-bond donors (Lipinski definition) is 3. The van der Waals surface area contributed by atoms with E-state index in [9.17, 15) is 4.39 Å². The molecule has 1 aliphatic carbocycles. The molecule has 0 amide bonds. The maximum Gasteiger partial charge on any atom is 0.146 e. The average Bonchev–Trinajstić information content (AvgIpc) is 3.34. The van der Waals surface area contributed by atoms with Gasteiger partial charge in [0.05, 0.1) is 5.39 Å². The van der Waals surface area contributed by atoms with Crippen LogP contribution in [0.2, 0.25) is 0 Å². The molecule has 4 rings (SSSR count). The van der Waals surface area contributed by atoms with Gasteiger partial charge in [-0.05, 0) is 84.9 Å². The smallest absolute Gasteiger partial charge is 0.146 e. The lowest BCUT2D eigenvalue weighted by molar-refractivity contribution is 0.451. The Morgan fingerprint density at radius 1 is 1.13 bits per heavy atom. The molecule has 2 aromatic heterocycles. The molecule has 8 heteroatoms. The molecule has 1 aromatic carbocycles. The number of nitrogens with zero attached hydrogens (tertiary/aromatic N) is 3. The molecule has 1 fully saturated rings. The molecule has 1 saturated carbocycles. The molecule has 0 bridgehead atoms. The van der Waals surface area contributed by atoms with Crippen molar-refractivity contribution in [2.24, 2.45) is 5.92 Å². The summed E-state index contributed by atoms with van der Waals surface area (Å²) in [7, 11) is 0. The maximum absolute atomic E-state index is 12.9. The Balaban J connectivity index is 1.16. The third-order valence-corrected chi connectivity index (χ3v) is 6.48. The first-order valence-electron chi connectivity index (χ1n) is 10.5. The Morgan fingerprint density at radius 2 is 1.93 bits per heavy atom. The van der Waals surface area contributed by atoms with E-state index in [4.69, 9.17) is 5.73 Å². The summed E-state index contributed by atoms with van der Waals surface area (Å²) in [5.41, 5.74) is 8.05. The molecule has 3 aromatic rings. The van der Waals surface area contributed by atoms with E-state index in [1.165, 1.54) is 18.6 Å². The van der Waals surface area contributed by atoms with Crippen LogP contribution in [0.25, 0.3) is 11.0 Å². The predicted molar refractivity (Wildman–Crippen MR) is 122 cm³/mol. The third kappa shape index (κ3) is 4.99. The van der Waals surface area contributed by atoms with Crippen LogP contribution >= 0.6 is 15.9 Å². The van der Waals surface area contributed by atoms with E-state index >= 15 is 0 Å². The second-order valence-corrected chi connectivity index (χ2v) is 8.89. The van der Waals surface area contributed by atoms with Crippen molar-refractivity contribution in [2.45, 2.75) is 38.3 Å². The second-order valence-electron chi connectivity index (χ2n) is 8.04. The Bertz CT molecular complexity index is 974. The van der Waals surface area contributed by atoms with Gasteiger partial charge in [-0.1, -0.05) is 12.1 Å². The van der Waals surface area contributed by atoms with Gasteiger partial charge >= 0.3 is 0 Å². The second kappa shape index (κ2) is 9.85. The molecule has 0 saturated heterocycles. The number of anilines is 1. The summed E-state index contributed by atoms with van der Waals surface area (Å²) in [5, 5.41) is 7.92. The van der Waals surface area contributed by atoms with Gasteiger partial charge in [0, 0.05) is 23.3 Å². The van der Waals surface area contributed by atoms with Crippen molar-refractivity contribution in [2.75, 3.05) is 25.4 Å². The van der Waals surface area contributed by atoms with Crippen molar-refractivity contribution in [3.8, 4) is 0 Å². The predicted octanol–water partition coefficient (Wildman–Crippen LogP) is 4.03. The van der Waals surface area contributed by atoms with Crippen LogP contribution in [0.1, 0.15) is 37.3 Å². The molecule has 2 heterocycles. The summed E-state index contributed by atoms with van der Waals surface area (Å²) >= 11 is 3.60. The summed E-state index contributed by atoms with van der Waals surface area (Å²) in [6, 6.07) is 7.11. The molecular formula is C22H28BrFN6. The van der Waals surface area contributed by atoms with Gasteiger partial charge in [0.25, 0.3) is 0 Å². The lowest BCUT2D eigenvalue weighted by Gasteiger charge is -2.15. The highest BCUT2D eigenvalue weighted by Crippen LogP contribution is 2.39. The van der Waals surface area contributed by atoms with Gasteiger partial charge in [0.1, 0.15) is 23.6 Å². The molecule has 6 nitrogen and oxygen atoms in total. The van der Waals surface area contributed by atoms with Gasteiger partial charge in [-0.2, -0.15) is 0 Å². The van der Waals surface area contributed by atoms with E-state index in [0.717, 1.165) is 66.5 Å². The number of aromatic nitrogens is 3. The summed E-state index contributed by atoms with van der Waals surface area (Å²) in [5.74, 6) is 1.01. The third-order valence-electron chi connectivity index (χ3n) is 5.88. The molecule has 160 valence electrons. The van der Waals surface area contributed by atoms with Crippen molar-refractivity contribution in [1.82, 2.24) is 25.2 Å². The molecule has 0 spiro atoms. The van der Waals surface area contributed by atoms with Crippen LogP contribution in [-0.2, 0) is 6.54 Å². The number of rotatable bonds is 9. The van der Waals surface area contributed by atoms with Crippen LogP contribution in [0.5, 0.6) is 0 Å². The van der Waals surface area contributed by atoms with Gasteiger partial charge in [0.2, 0.25) is 0 Å². The van der Waals surface area contributed by atoms with Gasteiger partial charge in [-0.15, -0.1) is 0 Å². The summed E-state index contributed by atoms with van der Waals surface area (Å²) in [4.78, 5) is 8.57. The Hall–Kier alpha value is -2.03. The Kier molecular flexibility index (Phi) is 6.97. The van der Waals surface area contributed by atoms with Crippen molar-refractivity contribution < 1.29 is 4.39 Å². The number of nitrogen functional groups attached to an aromatic ring is 1. The highest BCUT2D eigenvalue weighted by Gasteiger charge is 2.27. The minimum atomic E-state index is -0.188. The fourth-order valence-corrected chi connectivity index (χ4v) is 4.91. The zero-order valence-electron chi connectivity index (χ0n) is 17.0. The van der Waals surface area contributed by atoms with E-state index in [-0.39, 0.29) is 5.82 Å². The van der Waals surface area contributed by atoms with Gasteiger partial charge < -0.3 is 20.9 Å². The first-order chi connectivity index (χ1) is 14.6. The van der Waals surface area contributed by atoms with Crippen LogP contribution in [-0.4, -0.2) is 34.2 Å². The molecule has 4 N–H and O–H groups in total. The largest absolute Gasteiger partial charge is 0.383 e. The molecular weight excluding hydrogens is 447 g/mol. The highest BCUT2D eigenvalue weighted by atomic mass is 79.9. The fourth-order valence-electron chi connectivity index (χ4n) is 4.31. The van der Waals surface area contributed by atoms with Crippen LogP contribution in [0.4, 0.5) is 10.2 Å². The van der Waals surface area contributed by atoms with Crippen LogP contribution < -0.4 is 16.4 Å². The van der Waals surface area contributed by atoms with Crippen molar-refractivity contribution in [1.29, 1.82) is 0 Å². The molecule has 0 aliphatic heterocycles. The molecule has 1 aliphatic rings. The number of hydrogen-bond acceptors (Lipinski definition) is 5. The molecule has 30 heavy (non-hydrogen) atoms. The molecule has 2 atom stereocenters. The normalized spacial score (nSPS) is 19.0. The lowest BCUT2D eigenvalue weighted by Crippen LogP contribution is -2.25. The number of fused-ring (bicyclic) bond motifs is 1. The monoisotopic (exact) mass is 474 g/mol. The SMILES string of the molecule is Nc1ncnc2c1c(Br)cn2C1CCC(CNCCCNCc2ccc(F)cc2)C1. The van der Waals surface area contributed by atoms with Gasteiger partial charge in [0.15, 0.2) is 0 Å². The maximum atomic E-state index is 12.9. The van der Waals surface area contributed by atoms with E-state index in [2.05, 4.69) is 47.3 Å². The Morgan fingerprint density at radius 3 is 2.77 bits per heavy atom. The summed E-state index contributed by atoms with van der Waals surface area (Å²) in [6.45, 7) is 3.77. The first-order valence-corrected chi connectivity index (χ1v) is 11.3. The van der Waals surface area contributed by atoms with Gasteiger partial charge in [-0.25, -0.2) is 14.4 Å². The van der Waals surface area contributed by atoms with E-state index in [0.29, 0.717) is 17.8 Å².